The number of aromatic nitrogens is 2. The van der Waals surface area contributed by atoms with Gasteiger partial charge in [0.25, 0.3) is 5.91 Å². The van der Waals surface area contributed by atoms with Gasteiger partial charge in [-0.15, -0.1) is 0 Å². The number of para-hydroxylation sites is 1. The smallest absolute Gasteiger partial charge is 0.272 e. The summed E-state index contributed by atoms with van der Waals surface area (Å²) in [7, 11) is 1.62. The van der Waals surface area contributed by atoms with E-state index in [1.165, 1.54) is 10.5 Å². The molecule has 2 N–H and O–H groups in total. The van der Waals surface area contributed by atoms with Crippen molar-refractivity contribution in [2.45, 2.75) is 19.3 Å². The van der Waals surface area contributed by atoms with Crippen molar-refractivity contribution >= 4 is 22.7 Å². The standard InChI is InChI=1S/C29H30N4O4/c1-36-26-11-10-20-17-25-22(21-7-2-3-8-23(21)32-25)12-14-31-28(34)19-33(15-6-16-37-27(26)18-20)29(35)24-9-4-5-13-30-24/h2-5,7-11,13,18,32H,6,12,14-17,19H2,1H3,(H,31,34). The molecule has 8 nitrogen and oxygen atoms in total. The van der Waals surface area contributed by atoms with Crippen LogP contribution in [0.3, 0.4) is 0 Å². The van der Waals surface area contributed by atoms with Gasteiger partial charge in [0.15, 0.2) is 11.5 Å². The normalized spacial score (nSPS) is 14.9. The second kappa shape index (κ2) is 11.2. The first-order valence-corrected chi connectivity index (χ1v) is 12.5. The molecule has 0 spiro atoms. The fourth-order valence-corrected chi connectivity index (χ4v) is 4.74. The Hall–Kier alpha value is -4.33. The number of pyridine rings is 1. The van der Waals surface area contributed by atoms with Gasteiger partial charge in [0.2, 0.25) is 5.91 Å². The Morgan fingerprint density at radius 1 is 1.11 bits per heavy atom. The van der Waals surface area contributed by atoms with Gasteiger partial charge in [0, 0.05) is 42.3 Å². The molecule has 0 saturated heterocycles. The Labute approximate surface area is 215 Å². The molecular formula is C29H30N4O4. The third-order valence-electron chi connectivity index (χ3n) is 6.54. The van der Waals surface area contributed by atoms with Crippen LogP contribution in [0.2, 0.25) is 0 Å². The van der Waals surface area contributed by atoms with Crippen LogP contribution in [0.25, 0.3) is 10.9 Å². The average Bonchev–Trinajstić information content (AvgIpc) is 3.27. The highest BCUT2D eigenvalue weighted by Crippen LogP contribution is 2.31. The van der Waals surface area contributed by atoms with Gasteiger partial charge in [-0.2, -0.15) is 0 Å². The predicted molar refractivity (Wildman–Crippen MR) is 141 cm³/mol. The van der Waals surface area contributed by atoms with Crippen LogP contribution in [0.1, 0.15) is 33.7 Å². The van der Waals surface area contributed by atoms with Crippen LogP contribution in [-0.4, -0.2) is 60.0 Å². The van der Waals surface area contributed by atoms with Gasteiger partial charge in [0.1, 0.15) is 5.69 Å². The average molecular weight is 499 g/mol. The maximum atomic E-state index is 13.1. The SMILES string of the molecule is COc1ccc2cc1OCCCN(C(=O)c1ccccn1)CC(=O)NCCc1c([nH]c3ccccc13)C2. The zero-order valence-electron chi connectivity index (χ0n) is 20.8. The molecule has 4 aromatic rings. The van der Waals surface area contributed by atoms with Crippen molar-refractivity contribution in [3.8, 4) is 11.5 Å². The van der Waals surface area contributed by atoms with E-state index in [2.05, 4.69) is 27.4 Å². The minimum atomic E-state index is -0.282. The highest BCUT2D eigenvalue weighted by molar-refractivity contribution is 5.95. The van der Waals surface area contributed by atoms with Crippen LogP contribution in [-0.2, 0) is 17.6 Å². The summed E-state index contributed by atoms with van der Waals surface area (Å²) in [6.45, 7) is 1.15. The van der Waals surface area contributed by atoms with E-state index in [0.717, 1.165) is 22.2 Å². The molecule has 2 aromatic heterocycles. The molecule has 0 unspecified atom stereocenters. The first-order chi connectivity index (χ1) is 18.1. The molecule has 190 valence electrons. The van der Waals surface area contributed by atoms with Crippen LogP contribution in [0.15, 0.2) is 66.9 Å². The highest BCUT2D eigenvalue weighted by Gasteiger charge is 2.21. The summed E-state index contributed by atoms with van der Waals surface area (Å²) in [6, 6.07) is 19.3. The van der Waals surface area contributed by atoms with Crippen molar-refractivity contribution in [3.05, 3.63) is 89.4 Å². The molecule has 2 aromatic carbocycles. The molecular weight excluding hydrogens is 468 g/mol. The number of benzene rings is 2. The van der Waals surface area contributed by atoms with Crippen molar-refractivity contribution in [2.24, 2.45) is 0 Å². The van der Waals surface area contributed by atoms with Gasteiger partial charge in [-0.3, -0.25) is 14.6 Å². The largest absolute Gasteiger partial charge is 0.493 e. The van der Waals surface area contributed by atoms with Crippen LogP contribution in [0.4, 0.5) is 0 Å². The van der Waals surface area contributed by atoms with E-state index in [1.807, 2.05) is 30.3 Å². The topological polar surface area (TPSA) is 96.6 Å². The number of methoxy groups -OCH3 is 1. The van der Waals surface area contributed by atoms with E-state index in [-0.39, 0.29) is 18.4 Å². The van der Waals surface area contributed by atoms with Crippen LogP contribution < -0.4 is 14.8 Å². The van der Waals surface area contributed by atoms with Gasteiger partial charge in [-0.1, -0.05) is 30.3 Å². The van der Waals surface area contributed by atoms with Gasteiger partial charge >= 0.3 is 0 Å². The molecule has 3 heterocycles. The second-order valence-electron chi connectivity index (χ2n) is 9.03. The maximum Gasteiger partial charge on any atom is 0.272 e. The molecule has 5 rings (SSSR count). The van der Waals surface area contributed by atoms with Crippen molar-refractivity contribution in [3.63, 3.8) is 0 Å². The number of H-pyrrole nitrogens is 1. The minimum absolute atomic E-state index is 0.0467. The lowest BCUT2D eigenvalue weighted by Gasteiger charge is -2.22. The van der Waals surface area contributed by atoms with E-state index in [1.54, 1.807) is 31.5 Å². The number of carbonyl (C=O) groups excluding carboxylic acids is 2. The monoisotopic (exact) mass is 498 g/mol. The number of rotatable bonds is 2. The Morgan fingerprint density at radius 3 is 2.81 bits per heavy atom. The summed E-state index contributed by atoms with van der Waals surface area (Å²) >= 11 is 0. The maximum absolute atomic E-state index is 13.1. The number of hydrogen-bond acceptors (Lipinski definition) is 5. The highest BCUT2D eigenvalue weighted by atomic mass is 16.5. The number of nitrogens with zero attached hydrogens (tertiary/aromatic N) is 2. The van der Waals surface area contributed by atoms with E-state index in [0.29, 0.717) is 56.2 Å². The summed E-state index contributed by atoms with van der Waals surface area (Å²) < 4.78 is 11.6. The number of amides is 2. The summed E-state index contributed by atoms with van der Waals surface area (Å²) in [6.07, 6.45) is 3.49. The van der Waals surface area contributed by atoms with Crippen LogP contribution in [0.5, 0.6) is 11.5 Å². The first-order valence-electron chi connectivity index (χ1n) is 12.5. The number of hydrogen-bond donors (Lipinski definition) is 2. The molecule has 2 bridgehead atoms. The molecule has 0 saturated carbocycles. The summed E-state index contributed by atoms with van der Waals surface area (Å²) in [5.74, 6) is 0.827. The van der Waals surface area contributed by atoms with E-state index >= 15 is 0 Å². The molecule has 0 fully saturated rings. The number of aromatic amines is 1. The Bertz CT molecular complexity index is 1400. The third-order valence-corrected chi connectivity index (χ3v) is 6.54. The van der Waals surface area contributed by atoms with E-state index in [9.17, 15) is 9.59 Å². The fraction of sp³-hybridized carbons (Fsp3) is 0.276. The summed E-state index contributed by atoms with van der Waals surface area (Å²) in [4.78, 5) is 35.3. The second-order valence-corrected chi connectivity index (χ2v) is 9.03. The predicted octanol–water partition coefficient (Wildman–Crippen LogP) is 3.75. The molecule has 0 aliphatic carbocycles. The summed E-state index contributed by atoms with van der Waals surface area (Å²) in [5.41, 5.74) is 4.73. The van der Waals surface area contributed by atoms with Gasteiger partial charge in [0.05, 0.1) is 20.3 Å². The lowest BCUT2D eigenvalue weighted by atomic mass is 10.0. The fourth-order valence-electron chi connectivity index (χ4n) is 4.74. The molecule has 0 radical (unpaired) electrons. The van der Waals surface area contributed by atoms with Gasteiger partial charge < -0.3 is 24.7 Å². The van der Waals surface area contributed by atoms with Crippen molar-refractivity contribution < 1.29 is 19.1 Å². The van der Waals surface area contributed by atoms with Crippen molar-refractivity contribution in [1.29, 1.82) is 0 Å². The quantitative estimate of drug-likeness (QED) is 0.439. The molecule has 8 heteroatoms. The lowest BCUT2D eigenvalue weighted by Crippen LogP contribution is -2.42. The lowest BCUT2D eigenvalue weighted by molar-refractivity contribution is -0.121. The molecule has 0 atom stereocenters. The van der Waals surface area contributed by atoms with E-state index < -0.39 is 0 Å². The molecule has 37 heavy (non-hydrogen) atoms. The Balaban J connectivity index is 1.45. The van der Waals surface area contributed by atoms with Crippen LogP contribution in [0, 0.1) is 0 Å². The molecule has 1 aliphatic heterocycles. The summed E-state index contributed by atoms with van der Waals surface area (Å²) in [5, 5.41) is 4.15. The van der Waals surface area contributed by atoms with Crippen LogP contribution >= 0.6 is 0 Å². The Kier molecular flexibility index (Phi) is 7.35. The first kappa shape index (κ1) is 24.4. The van der Waals surface area contributed by atoms with Crippen molar-refractivity contribution in [1.82, 2.24) is 20.2 Å². The van der Waals surface area contributed by atoms with Gasteiger partial charge in [-0.25, -0.2) is 0 Å². The number of carbonyl (C=O) groups is 2. The zero-order valence-corrected chi connectivity index (χ0v) is 20.8. The third kappa shape index (κ3) is 5.58. The number of ether oxygens (including phenoxy) is 2. The minimum Gasteiger partial charge on any atom is -0.493 e. The van der Waals surface area contributed by atoms with Crippen molar-refractivity contribution in [2.75, 3.05) is 33.4 Å². The molecule has 1 aliphatic rings. The zero-order chi connectivity index (χ0) is 25.6. The van der Waals surface area contributed by atoms with E-state index in [4.69, 9.17) is 9.47 Å². The Morgan fingerprint density at radius 2 is 1.97 bits per heavy atom. The number of nitrogens with one attached hydrogen (secondary N) is 2. The number of fused-ring (bicyclic) bond motifs is 5. The van der Waals surface area contributed by atoms with Gasteiger partial charge in [-0.05, 0) is 54.3 Å². The molecule has 2 amide bonds.